The highest BCUT2D eigenvalue weighted by molar-refractivity contribution is 5.79. The number of nitrogens with two attached hydrogens (primary N) is 1. The van der Waals surface area contributed by atoms with Crippen LogP contribution in [0, 0.1) is 5.82 Å². The molecule has 1 heterocycles. The van der Waals surface area contributed by atoms with E-state index < -0.39 is 12.0 Å². The SMILES string of the molecule is C[C@H](CCc1cccc(F)c1)N1CCO[C@@H](C(N)=O)C1. The number of carbonyl (C=O) groups excluding carboxylic acids is 1. The Kier molecular flexibility index (Phi) is 5.09. The first-order valence-electron chi connectivity index (χ1n) is 6.95. The Morgan fingerprint density at radius 1 is 1.60 bits per heavy atom. The molecular formula is C15H21FN2O2. The zero-order chi connectivity index (χ0) is 14.5. The molecule has 1 saturated heterocycles. The number of amides is 1. The molecule has 0 aromatic heterocycles. The topological polar surface area (TPSA) is 55.6 Å². The van der Waals surface area contributed by atoms with Gasteiger partial charge in [-0.2, -0.15) is 0 Å². The summed E-state index contributed by atoms with van der Waals surface area (Å²) in [6.45, 7) is 3.98. The van der Waals surface area contributed by atoms with E-state index in [0.717, 1.165) is 24.9 Å². The van der Waals surface area contributed by atoms with E-state index in [1.807, 2.05) is 6.07 Å². The maximum atomic E-state index is 13.1. The summed E-state index contributed by atoms with van der Waals surface area (Å²) in [5, 5.41) is 0. The van der Waals surface area contributed by atoms with Crippen molar-refractivity contribution in [3.63, 3.8) is 0 Å². The van der Waals surface area contributed by atoms with E-state index in [-0.39, 0.29) is 5.82 Å². The number of benzene rings is 1. The quantitative estimate of drug-likeness (QED) is 0.885. The van der Waals surface area contributed by atoms with E-state index >= 15 is 0 Å². The largest absolute Gasteiger partial charge is 0.367 e. The van der Waals surface area contributed by atoms with Gasteiger partial charge < -0.3 is 10.5 Å². The monoisotopic (exact) mass is 280 g/mol. The average Bonchev–Trinajstić information content (AvgIpc) is 2.45. The number of hydrogen-bond donors (Lipinski definition) is 1. The number of morpholine rings is 1. The van der Waals surface area contributed by atoms with Gasteiger partial charge in [0.2, 0.25) is 5.91 Å². The van der Waals surface area contributed by atoms with Gasteiger partial charge in [0, 0.05) is 19.1 Å². The first-order chi connectivity index (χ1) is 9.56. The molecule has 1 aromatic rings. The number of aryl methyl sites for hydroxylation is 1. The molecule has 0 unspecified atom stereocenters. The summed E-state index contributed by atoms with van der Waals surface area (Å²) in [5.41, 5.74) is 6.28. The maximum Gasteiger partial charge on any atom is 0.247 e. The van der Waals surface area contributed by atoms with Crippen LogP contribution in [0.15, 0.2) is 24.3 Å². The van der Waals surface area contributed by atoms with E-state index in [1.54, 1.807) is 12.1 Å². The van der Waals surface area contributed by atoms with Gasteiger partial charge in [-0.1, -0.05) is 12.1 Å². The Morgan fingerprint density at radius 2 is 2.40 bits per heavy atom. The van der Waals surface area contributed by atoms with Gasteiger partial charge in [-0.15, -0.1) is 0 Å². The predicted octanol–water partition coefficient (Wildman–Crippen LogP) is 1.33. The van der Waals surface area contributed by atoms with Crippen molar-refractivity contribution in [3.8, 4) is 0 Å². The summed E-state index contributed by atoms with van der Waals surface area (Å²) in [4.78, 5) is 13.4. The molecule has 0 bridgehead atoms. The van der Waals surface area contributed by atoms with Crippen molar-refractivity contribution in [3.05, 3.63) is 35.6 Å². The zero-order valence-electron chi connectivity index (χ0n) is 11.7. The smallest absolute Gasteiger partial charge is 0.247 e. The molecule has 0 spiro atoms. The summed E-state index contributed by atoms with van der Waals surface area (Å²) < 4.78 is 18.4. The number of halogens is 1. The summed E-state index contributed by atoms with van der Waals surface area (Å²) in [6, 6.07) is 6.99. The standard InChI is InChI=1S/C15H21FN2O2/c1-11(5-6-12-3-2-4-13(16)9-12)18-7-8-20-14(10-18)15(17)19/h2-4,9,11,14H,5-8,10H2,1H3,(H2,17,19)/t11-,14-/m1/s1. The Balaban J connectivity index is 1.85. The van der Waals surface area contributed by atoms with Crippen molar-refractivity contribution in [1.82, 2.24) is 4.90 Å². The highest BCUT2D eigenvalue weighted by Gasteiger charge is 2.27. The first kappa shape index (κ1) is 14.9. The van der Waals surface area contributed by atoms with Crippen LogP contribution in [-0.2, 0) is 16.0 Å². The molecule has 110 valence electrons. The fraction of sp³-hybridized carbons (Fsp3) is 0.533. The highest BCUT2D eigenvalue weighted by Crippen LogP contribution is 2.14. The number of rotatable bonds is 5. The zero-order valence-corrected chi connectivity index (χ0v) is 11.7. The number of nitrogens with zero attached hydrogens (tertiary/aromatic N) is 1. The van der Waals surface area contributed by atoms with Crippen LogP contribution in [0.25, 0.3) is 0 Å². The van der Waals surface area contributed by atoms with Gasteiger partial charge in [0.05, 0.1) is 6.61 Å². The molecule has 4 nitrogen and oxygen atoms in total. The molecule has 1 aliphatic rings. The molecule has 1 aromatic carbocycles. The minimum absolute atomic E-state index is 0.199. The van der Waals surface area contributed by atoms with Crippen LogP contribution in [-0.4, -0.2) is 42.6 Å². The summed E-state index contributed by atoms with van der Waals surface area (Å²) in [7, 11) is 0. The van der Waals surface area contributed by atoms with Crippen molar-refractivity contribution in [2.24, 2.45) is 5.73 Å². The van der Waals surface area contributed by atoms with Crippen molar-refractivity contribution >= 4 is 5.91 Å². The second kappa shape index (κ2) is 6.81. The van der Waals surface area contributed by atoms with Crippen LogP contribution in [0.4, 0.5) is 4.39 Å². The minimum Gasteiger partial charge on any atom is -0.367 e. The Hall–Kier alpha value is -1.46. The van der Waals surface area contributed by atoms with Gasteiger partial charge in [-0.25, -0.2) is 4.39 Å². The van der Waals surface area contributed by atoms with Gasteiger partial charge in [-0.3, -0.25) is 9.69 Å². The number of primary amides is 1. The van der Waals surface area contributed by atoms with E-state index in [2.05, 4.69) is 11.8 Å². The second-order valence-electron chi connectivity index (χ2n) is 5.27. The van der Waals surface area contributed by atoms with Crippen molar-refractivity contribution in [2.45, 2.75) is 31.9 Å². The fourth-order valence-electron chi connectivity index (χ4n) is 2.49. The van der Waals surface area contributed by atoms with E-state index in [0.29, 0.717) is 19.2 Å². The van der Waals surface area contributed by atoms with E-state index in [9.17, 15) is 9.18 Å². The van der Waals surface area contributed by atoms with Gasteiger partial charge in [0.15, 0.2) is 0 Å². The molecule has 2 atom stereocenters. The third kappa shape index (κ3) is 4.02. The lowest BCUT2D eigenvalue weighted by Crippen LogP contribution is -2.51. The Bertz CT molecular complexity index is 467. The van der Waals surface area contributed by atoms with Crippen molar-refractivity contribution in [2.75, 3.05) is 19.7 Å². The van der Waals surface area contributed by atoms with E-state index in [4.69, 9.17) is 10.5 Å². The van der Waals surface area contributed by atoms with Crippen molar-refractivity contribution < 1.29 is 13.9 Å². The third-order valence-electron chi connectivity index (χ3n) is 3.78. The molecule has 2 rings (SSSR count). The molecule has 20 heavy (non-hydrogen) atoms. The van der Waals surface area contributed by atoms with Gasteiger partial charge in [0.25, 0.3) is 0 Å². The molecule has 1 fully saturated rings. The van der Waals surface area contributed by atoms with Crippen molar-refractivity contribution in [1.29, 1.82) is 0 Å². The second-order valence-corrected chi connectivity index (χ2v) is 5.27. The number of hydrogen-bond acceptors (Lipinski definition) is 3. The fourth-order valence-corrected chi connectivity index (χ4v) is 2.49. The van der Waals surface area contributed by atoms with Crippen LogP contribution in [0.3, 0.4) is 0 Å². The number of carbonyl (C=O) groups is 1. The van der Waals surface area contributed by atoms with Crippen LogP contribution in [0.2, 0.25) is 0 Å². The Labute approximate surface area is 118 Å². The number of ether oxygens (including phenoxy) is 1. The molecule has 0 radical (unpaired) electrons. The lowest BCUT2D eigenvalue weighted by molar-refractivity contribution is -0.136. The molecule has 5 heteroatoms. The van der Waals surface area contributed by atoms with Crippen LogP contribution in [0.5, 0.6) is 0 Å². The van der Waals surface area contributed by atoms with E-state index in [1.165, 1.54) is 6.07 Å². The van der Waals surface area contributed by atoms with Crippen LogP contribution < -0.4 is 5.73 Å². The highest BCUT2D eigenvalue weighted by atomic mass is 19.1. The molecule has 0 saturated carbocycles. The van der Waals surface area contributed by atoms with Crippen LogP contribution in [0.1, 0.15) is 18.9 Å². The molecule has 1 aliphatic heterocycles. The third-order valence-corrected chi connectivity index (χ3v) is 3.78. The maximum absolute atomic E-state index is 13.1. The average molecular weight is 280 g/mol. The lowest BCUT2D eigenvalue weighted by atomic mass is 10.0. The Morgan fingerprint density at radius 3 is 3.10 bits per heavy atom. The minimum atomic E-state index is -0.514. The molecule has 0 aliphatic carbocycles. The summed E-state index contributed by atoms with van der Waals surface area (Å²) in [6.07, 6.45) is 1.22. The molecule has 1 amide bonds. The normalized spacial score (nSPS) is 21.6. The first-order valence-corrected chi connectivity index (χ1v) is 6.95. The summed E-state index contributed by atoms with van der Waals surface area (Å²) in [5.74, 6) is -0.609. The van der Waals surface area contributed by atoms with Gasteiger partial charge in [-0.05, 0) is 37.5 Å². The molecule has 2 N–H and O–H groups in total. The van der Waals surface area contributed by atoms with Gasteiger partial charge >= 0.3 is 0 Å². The molecular weight excluding hydrogens is 259 g/mol. The lowest BCUT2D eigenvalue weighted by Gasteiger charge is -2.35. The van der Waals surface area contributed by atoms with Crippen LogP contribution >= 0.6 is 0 Å². The summed E-state index contributed by atoms with van der Waals surface area (Å²) >= 11 is 0. The van der Waals surface area contributed by atoms with Gasteiger partial charge in [0.1, 0.15) is 11.9 Å². The predicted molar refractivity (Wildman–Crippen MR) is 74.7 cm³/mol.